The molecule has 0 aliphatic carbocycles. The Bertz CT molecular complexity index is 1940. The highest BCUT2D eigenvalue weighted by Gasteiger charge is 2.38. The van der Waals surface area contributed by atoms with Crippen LogP contribution in [0.4, 0.5) is 4.39 Å². The van der Waals surface area contributed by atoms with Crippen LogP contribution in [0.3, 0.4) is 0 Å². The second kappa shape index (κ2) is 8.12. The van der Waals surface area contributed by atoms with Crippen molar-refractivity contribution in [1.29, 1.82) is 0 Å². The van der Waals surface area contributed by atoms with Gasteiger partial charge in [-0.25, -0.2) is 23.7 Å². The lowest BCUT2D eigenvalue weighted by Gasteiger charge is -2.28. The number of benzene rings is 3. The molecule has 0 spiro atoms. The molecule has 1 unspecified atom stereocenters. The van der Waals surface area contributed by atoms with Crippen molar-refractivity contribution in [2.75, 3.05) is 0 Å². The first-order chi connectivity index (χ1) is 18.0. The highest BCUT2D eigenvalue weighted by molar-refractivity contribution is 6.42. The van der Waals surface area contributed by atoms with Crippen LogP contribution < -0.4 is 10.4 Å². The van der Waals surface area contributed by atoms with Crippen molar-refractivity contribution in [3.63, 3.8) is 0 Å². The van der Waals surface area contributed by atoms with Crippen molar-refractivity contribution < 1.29 is 13.5 Å². The zero-order valence-corrected chi connectivity index (χ0v) is 20.2. The third-order valence-corrected chi connectivity index (χ3v) is 7.19. The highest BCUT2D eigenvalue weighted by Crippen LogP contribution is 2.50. The number of rotatable bonds is 2. The highest BCUT2D eigenvalue weighted by atomic mass is 35.5. The minimum absolute atomic E-state index is 0.245. The summed E-state index contributed by atoms with van der Waals surface area (Å²) in [4.78, 5) is 22.7. The van der Waals surface area contributed by atoms with Crippen molar-refractivity contribution in [2.45, 2.75) is 5.92 Å². The van der Waals surface area contributed by atoms with Gasteiger partial charge in [-0.15, -0.1) is 5.10 Å². The molecule has 0 saturated heterocycles. The molecule has 1 atom stereocenters. The predicted molar refractivity (Wildman–Crippen MR) is 136 cm³/mol. The summed E-state index contributed by atoms with van der Waals surface area (Å²) < 4.78 is 26.9. The molecule has 0 amide bonds. The van der Waals surface area contributed by atoms with Gasteiger partial charge in [0, 0.05) is 5.56 Å². The van der Waals surface area contributed by atoms with Crippen LogP contribution in [0.2, 0.25) is 10.0 Å². The van der Waals surface area contributed by atoms with Crippen LogP contribution in [-0.4, -0.2) is 19.6 Å². The zero-order chi connectivity index (χ0) is 25.3. The molecule has 7 rings (SSSR count). The molecule has 7 nitrogen and oxygen atoms in total. The quantitative estimate of drug-likeness (QED) is 0.233. The lowest BCUT2D eigenvalue weighted by molar-refractivity contribution is 0.422. The molecule has 37 heavy (non-hydrogen) atoms. The van der Waals surface area contributed by atoms with Gasteiger partial charge in [0.25, 0.3) is 0 Å². The molecular formula is C27H13Cl2FN4O3. The number of nitrogens with zero attached hydrogens (tertiary/aromatic N) is 4. The third-order valence-electron chi connectivity index (χ3n) is 6.36. The van der Waals surface area contributed by atoms with Crippen molar-refractivity contribution in [3.05, 3.63) is 116 Å². The number of hydrogen-bond donors (Lipinski definition) is 0. The summed E-state index contributed by atoms with van der Waals surface area (Å²) >= 11 is 13.1. The van der Waals surface area contributed by atoms with E-state index in [9.17, 15) is 9.18 Å². The minimum Gasteiger partial charge on any atom is -0.437 e. The van der Waals surface area contributed by atoms with Crippen molar-refractivity contribution in [2.24, 2.45) is 0 Å². The van der Waals surface area contributed by atoms with Crippen LogP contribution in [0.15, 0.2) is 82.3 Å². The number of halogens is 3. The van der Waals surface area contributed by atoms with Crippen molar-refractivity contribution in [3.8, 4) is 23.0 Å². The first-order valence-corrected chi connectivity index (χ1v) is 11.9. The van der Waals surface area contributed by atoms with Gasteiger partial charge in [-0.2, -0.15) is 0 Å². The standard InChI is InChI=1S/C27H13Cl2FN4O3/c28-17-6-3-5-16(22(17)29)19-20-23(15-4-1-2-7-18(15)36-27(20)35)37-26-21(19)25-32-24(33-34(25)12-31-26)13-8-10-14(30)11-9-13/h1-12,19H. The largest absolute Gasteiger partial charge is 0.437 e. The SMILES string of the molecule is O=c1oc2ccccc2c2c1C(c1cccc(Cl)c1Cl)c1c(ncn3nc(-c4ccc(F)cc4)nc13)O2. The monoisotopic (exact) mass is 530 g/mol. The Hall–Kier alpha value is -4.27. The van der Waals surface area contributed by atoms with E-state index in [4.69, 9.17) is 37.3 Å². The fourth-order valence-corrected chi connectivity index (χ4v) is 5.12. The maximum absolute atomic E-state index is 13.5. The molecule has 6 aromatic rings. The summed E-state index contributed by atoms with van der Waals surface area (Å²) in [6.07, 6.45) is 1.48. The average Bonchev–Trinajstić information content (AvgIpc) is 3.34. The topological polar surface area (TPSA) is 82.5 Å². The lowest BCUT2D eigenvalue weighted by atomic mass is 9.84. The number of aromatic nitrogens is 4. The normalized spacial score (nSPS) is 14.4. The first kappa shape index (κ1) is 22.0. The third kappa shape index (κ3) is 3.33. The van der Waals surface area contributed by atoms with Gasteiger partial charge < -0.3 is 9.15 Å². The Kier molecular flexibility index (Phi) is 4.82. The van der Waals surface area contributed by atoms with E-state index in [0.717, 1.165) is 0 Å². The molecule has 0 saturated carbocycles. The van der Waals surface area contributed by atoms with E-state index in [1.807, 2.05) is 6.07 Å². The fourth-order valence-electron chi connectivity index (χ4n) is 4.71. The smallest absolute Gasteiger partial charge is 0.344 e. The van der Waals surface area contributed by atoms with Crippen LogP contribution in [0.5, 0.6) is 11.6 Å². The van der Waals surface area contributed by atoms with Gasteiger partial charge in [-0.3, -0.25) is 0 Å². The van der Waals surface area contributed by atoms with E-state index in [-0.39, 0.29) is 22.3 Å². The summed E-state index contributed by atoms with van der Waals surface area (Å²) in [6, 6.07) is 18.1. The fraction of sp³-hybridized carbons (Fsp3) is 0.0370. The van der Waals surface area contributed by atoms with Crippen LogP contribution >= 0.6 is 23.2 Å². The summed E-state index contributed by atoms with van der Waals surface area (Å²) in [5.41, 5.74) is 2.08. The Morgan fingerprint density at radius 3 is 2.59 bits per heavy atom. The lowest BCUT2D eigenvalue weighted by Crippen LogP contribution is -2.22. The second-order valence-corrected chi connectivity index (χ2v) is 9.27. The van der Waals surface area contributed by atoms with E-state index >= 15 is 0 Å². The Morgan fingerprint density at radius 1 is 0.946 bits per heavy atom. The van der Waals surface area contributed by atoms with Crippen LogP contribution in [0, 0.1) is 5.82 Å². The molecule has 180 valence electrons. The number of fused-ring (bicyclic) bond motifs is 6. The van der Waals surface area contributed by atoms with Gasteiger partial charge in [0.05, 0.1) is 32.5 Å². The zero-order valence-electron chi connectivity index (χ0n) is 18.7. The van der Waals surface area contributed by atoms with E-state index < -0.39 is 11.5 Å². The molecule has 10 heteroatoms. The molecule has 3 aromatic carbocycles. The van der Waals surface area contributed by atoms with E-state index in [1.54, 1.807) is 48.5 Å². The summed E-state index contributed by atoms with van der Waals surface area (Å²) in [5, 5.41) is 5.74. The second-order valence-electron chi connectivity index (χ2n) is 8.48. The Balaban J connectivity index is 1.56. The predicted octanol–water partition coefficient (Wildman–Crippen LogP) is 6.63. The average molecular weight is 531 g/mol. The molecule has 0 radical (unpaired) electrons. The van der Waals surface area contributed by atoms with E-state index in [2.05, 4.69) is 10.1 Å². The molecule has 0 bridgehead atoms. The summed E-state index contributed by atoms with van der Waals surface area (Å²) in [7, 11) is 0. The van der Waals surface area contributed by atoms with Crippen LogP contribution in [0.1, 0.15) is 22.6 Å². The van der Waals surface area contributed by atoms with Crippen molar-refractivity contribution >= 4 is 39.8 Å². The number of ether oxygens (including phenoxy) is 1. The summed E-state index contributed by atoms with van der Waals surface area (Å²) in [6.45, 7) is 0. The van der Waals surface area contributed by atoms with E-state index in [1.165, 1.54) is 23.0 Å². The van der Waals surface area contributed by atoms with Gasteiger partial charge in [0.1, 0.15) is 17.7 Å². The van der Waals surface area contributed by atoms with Gasteiger partial charge in [-0.1, -0.05) is 47.5 Å². The van der Waals surface area contributed by atoms with Crippen LogP contribution in [-0.2, 0) is 0 Å². The number of hydrogen-bond acceptors (Lipinski definition) is 6. The molecular weight excluding hydrogens is 518 g/mol. The molecule has 4 heterocycles. The molecule has 0 fully saturated rings. The number of para-hydroxylation sites is 1. The first-order valence-electron chi connectivity index (χ1n) is 11.2. The Morgan fingerprint density at radius 2 is 1.76 bits per heavy atom. The minimum atomic E-state index is -0.771. The van der Waals surface area contributed by atoms with E-state index in [0.29, 0.717) is 49.9 Å². The van der Waals surface area contributed by atoms with Crippen molar-refractivity contribution in [1.82, 2.24) is 19.6 Å². The molecule has 1 aliphatic heterocycles. The van der Waals surface area contributed by atoms with Crippen LogP contribution in [0.25, 0.3) is 28.0 Å². The molecule has 1 aliphatic rings. The molecule has 3 aromatic heterocycles. The van der Waals surface area contributed by atoms with Gasteiger partial charge in [-0.05, 0) is 48.0 Å². The Labute approximate surface area is 217 Å². The molecule has 0 N–H and O–H groups in total. The maximum atomic E-state index is 13.5. The van der Waals surface area contributed by atoms with Gasteiger partial charge in [0.15, 0.2) is 17.2 Å². The summed E-state index contributed by atoms with van der Waals surface area (Å²) in [5.74, 6) is -0.216. The van der Waals surface area contributed by atoms with Gasteiger partial charge in [0.2, 0.25) is 5.88 Å². The maximum Gasteiger partial charge on any atom is 0.344 e. The van der Waals surface area contributed by atoms with Gasteiger partial charge >= 0.3 is 5.63 Å².